The molecule has 2 aromatic heterocycles. The molecule has 2 amide bonds. The summed E-state index contributed by atoms with van der Waals surface area (Å²) in [6, 6.07) is 2.69. The molecule has 1 aliphatic heterocycles. The van der Waals surface area contributed by atoms with Gasteiger partial charge in [0.05, 0.1) is 16.3 Å². The van der Waals surface area contributed by atoms with Crippen LogP contribution in [0.4, 0.5) is 23.7 Å². The number of amides is 2. The van der Waals surface area contributed by atoms with Crippen molar-refractivity contribution in [2.75, 3.05) is 18.4 Å². The number of anilines is 1. The van der Waals surface area contributed by atoms with E-state index < -0.39 is 34.8 Å². The van der Waals surface area contributed by atoms with Gasteiger partial charge in [0.15, 0.2) is 0 Å². The van der Waals surface area contributed by atoms with Crippen LogP contribution in [0.15, 0.2) is 27.7 Å². The van der Waals surface area contributed by atoms with Gasteiger partial charge in [0.25, 0.3) is 5.56 Å². The molecule has 1 N–H and O–H groups in total. The lowest BCUT2D eigenvalue weighted by Gasteiger charge is -2.29. The summed E-state index contributed by atoms with van der Waals surface area (Å²) < 4.78 is 47.8. The molecule has 15 heteroatoms. The van der Waals surface area contributed by atoms with E-state index in [1.807, 2.05) is 27.7 Å². The number of likely N-dealkylation sites (tertiary alicyclic amines) is 1. The van der Waals surface area contributed by atoms with Crippen molar-refractivity contribution in [2.45, 2.75) is 83.0 Å². The van der Waals surface area contributed by atoms with Crippen LogP contribution in [-0.2, 0) is 27.7 Å². The number of carbonyl (C=O) groups excluding carboxylic acids is 2. The Balaban J connectivity index is 1.50. The minimum Gasteiger partial charge on any atom is -0.444 e. The van der Waals surface area contributed by atoms with Gasteiger partial charge < -0.3 is 19.5 Å². The van der Waals surface area contributed by atoms with Crippen molar-refractivity contribution in [3.8, 4) is 0 Å². The van der Waals surface area contributed by atoms with Gasteiger partial charge in [0, 0.05) is 29.8 Å². The molecule has 1 aromatic carbocycles. The zero-order valence-electron chi connectivity index (χ0n) is 24.0. The summed E-state index contributed by atoms with van der Waals surface area (Å²) in [7, 11) is 0. The first kappa shape index (κ1) is 31.3. The second kappa shape index (κ2) is 11.1. The second-order valence-corrected chi connectivity index (χ2v) is 13.3. The van der Waals surface area contributed by atoms with Crippen LogP contribution >= 0.6 is 27.5 Å². The zero-order valence-corrected chi connectivity index (χ0v) is 26.4. The Kier molecular flexibility index (Phi) is 8.08. The maximum absolute atomic E-state index is 14.0. The molecule has 3 heterocycles. The van der Waals surface area contributed by atoms with Gasteiger partial charge in [-0.15, -0.1) is 5.10 Å². The van der Waals surface area contributed by atoms with E-state index in [-0.39, 0.29) is 39.2 Å². The average molecular weight is 688 g/mol. The van der Waals surface area contributed by atoms with Crippen molar-refractivity contribution in [1.29, 1.82) is 0 Å². The van der Waals surface area contributed by atoms with E-state index in [4.69, 9.17) is 16.3 Å². The van der Waals surface area contributed by atoms with Crippen molar-refractivity contribution in [2.24, 2.45) is 0 Å². The zero-order chi connectivity index (χ0) is 31.5. The van der Waals surface area contributed by atoms with Crippen LogP contribution < -0.4 is 10.9 Å². The highest BCUT2D eigenvalue weighted by Crippen LogP contribution is 2.50. The summed E-state index contributed by atoms with van der Waals surface area (Å²) >= 11 is 9.30. The molecule has 0 bridgehead atoms. The number of halogens is 5. The van der Waals surface area contributed by atoms with Gasteiger partial charge in [-0.05, 0) is 86.5 Å². The van der Waals surface area contributed by atoms with E-state index in [0.717, 1.165) is 22.7 Å². The molecule has 2 unspecified atom stereocenters. The SMILES string of the molecule is CC1CC2(CCCN(C(=O)OC(C)(C)C)CC2)c2c1n(CC(=O)Nc1ccc(C(F)(F)F)cc1Cl)c1nc(Br)nn1c2=O. The van der Waals surface area contributed by atoms with Gasteiger partial charge in [0.2, 0.25) is 16.4 Å². The summed E-state index contributed by atoms with van der Waals surface area (Å²) in [6.07, 6.45) is -2.54. The van der Waals surface area contributed by atoms with E-state index in [2.05, 4.69) is 31.3 Å². The van der Waals surface area contributed by atoms with Crippen LogP contribution in [0.1, 0.15) is 76.1 Å². The molecule has 1 aliphatic carbocycles. The number of nitrogens with one attached hydrogen (secondary N) is 1. The maximum atomic E-state index is 14.0. The summed E-state index contributed by atoms with van der Waals surface area (Å²) in [5, 5.41) is 6.57. The fourth-order valence-corrected chi connectivity index (χ4v) is 6.83. The Hall–Kier alpha value is -3.13. The first-order valence-electron chi connectivity index (χ1n) is 13.8. The standard InChI is InChI=1S/C28H31BrClF3N6O4/c1-15-13-27(8-5-10-37(11-9-27)25(42)43-26(2,3)4)20-21(15)38(24-35-23(29)36-39(24)22(20)41)14-19(40)34-18-7-6-16(12-17(18)30)28(31,32)33/h6-7,12,15H,5,8-11,13-14H2,1-4H3,(H,34,40). The minimum absolute atomic E-state index is 0.0200. The molecule has 2 atom stereocenters. The Morgan fingerprint density at radius 2 is 1.93 bits per heavy atom. The Morgan fingerprint density at radius 3 is 2.58 bits per heavy atom. The number of nitrogens with zero attached hydrogens (tertiary/aromatic N) is 5. The highest BCUT2D eigenvalue weighted by molar-refractivity contribution is 9.10. The minimum atomic E-state index is -4.58. The smallest absolute Gasteiger partial charge is 0.416 e. The highest BCUT2D eigenvalue weighted by atomic mass is 79.9. The number of fused-ring (bicyclic) bond motifs is 3. The molecular weight excluding hydrogens is 657 g/mol. The molecule has 3 aromatic rings. The normalized spacial score (nSPS) is 20.8. The molecule has 1 fully saturated rings. The molecule has 1 saturated heterocycles. The van der Waals surface area contributed by atoms with Crippen molar-refractivity contribution in [3.05, 3.63) is 55.1 Å². The van der Waals surface area contributed by atoms with Crippen molar-refractivity contribution < 1.29 is 27.5 Å². The molecule has 1 spiro atoms. The van der Waals surface area contributed by atoms with Crippen LogP contribution in [0.3, 0.4) is 0 Å². The van der Waals surface area contributed by atoms with Crippen molar-refractivity contribution in [3.63, 3.8) is 0 Å². The lowest BCUT2D eigenvalue weighted by Crippen LogP contribution is -2.39. The van der Waals surface area contributed by atoms with Crippen LogP contribution in [0.5, 0.6) is 0 Å². The fourth-order valence-electron chi connectivity index (χ4n) is 6.28. The number of alkyl halides is 3. The first-order valence-corrected chi connectivity index (χ1v) is 15.0. The van der Waals surface area contributed by atoms with Gasteiger partial charge in [-0.1, -0.05) is 18.5 Å². The molecule has 2 aliphatic rings. The topological polar surface area (TPSA) is 111 Å². The number of aromatic nitrogens is 4. The molecule has 0 radical (unpaired) electrons. The average Bonchev–Trinajstić information content (AvgIpc) is 3.32. The van der Waals surface area contributed by atoms with Crippen LogP contribution in [-0.4, -0.2) is 54.8 Å². The number of carbonyl (C=O) groups is 2. The molecular formula is C28H31BrClF3N6O4. The van der Waals surface area contributed by atoms with Crippen LogP contribution in [0.25, 0.3) is 5.78 Å². The number of ether oxygens (including phenoxy) is 1. The third-order valence-corrected chi connectivity index (χ3v) is 8.57. The molecule has 10 nitrogen and oxygen atoms in total. The predicted molar refractivity (Wildman–Crippen MR) is 156 cm³/mol. The van der Waals surface area contributed by atoms with Crippen molar-refractivity contribution >= 4 is 51.0 Å². The summed E-state index contributed by atoms with van der Waals surface area (Å²) in [4.78, 5) is 46.1. The number of benzene rings is 1. The number of hydrogen-bond acceptors (Lipinski definition) is 6. The van der Waals surface area contributed by atoms with Crippen LogP contribution in [0.2, 0.25) is 5.02 Å². The Labute approximate surface area is 258 Å². The van der Waals surface area contributed by atoms with E-state index in [0.29, 0.717) is 50.0 Å². The van der Waals surface area contributed by atoms with E-state index in [1.54, 1.807) is 9.47 Å². The third-order valence-electron chi connectivity index (χ3n) is 7.92. The predicted octanol–water partition coefficient (Wildman–Crippen LogP) is 6.13. The first-order chi connectivity index (χ1) is 20.0. The molecule has 232 valence electrons. The van der Waals surface area contributed by atoms with E-state index in [9.17, 15) is 27.6 Å². The van der Waals surface area contributed by atoms with Crippen LogP contribution in [0, 0.1) is 0 Å². The van der Waals surface area contributed by atoms with E-state index in [1.165, 1.54) is 0 Å². The largest absolute Gasteiger partial charge is 0.444 e. The highest BCUT2D eigenvalue weighted by Gasteiger charge is 2.48. The Morgan fingerprint density at radius 1 is 1.21 bits per heavy atom. The van der Waals surface area contributed by atoms with Gasteiger partial charge in [0.1, 0.15) is 12.1 Å². The van der Waals surface area contributed by atoms with Gasteiger partial charge in [-0.2, -0.15) is 22.7 Å². The number of rotatable bonds is 3. The summed E-state index contributed by atoms with van der Waals surface area (Å²) in [6.45, 7) is 8.00. The van der Waals surface area contributed by atoms with E-state index >= 15 is 0 Å². The lowest BCUT2D eigenvalue weighted by molar-refractivity contribution is -0.137. The monoisotopic (exact) mass is 686 g/mol. The van der Waals surface area contributed by atoms with Gasteiger partial charge in [-0.3, -0.25) is 9.59 Å². The Bertz CT molecular complexity index is 1670. The quantitative estimate of drug-likeness (QED) is 0.355. The molecule has 0 saturated carbocycles. The van der Waals surface area contributed by atoms with Gasteiger partial charge in [-0.25, -0.2) is 4.79 Å². The summed E-state index contributed by atoms with van der Waals surface area (Å²) in [5.74, 6) is -0.561. The molecule has 43 heavy (non-hydrogen) atoms. The van der Waals surface area contributed by atoms with Crippen molar-refractivity contribution in [1.82, 2.24) is 24.1 Å². The second-order valence-electron chi connectivity index (χ2n) is 12.2. The number of hydrogen-bond donors (Lipinski definition) is 1. The van der Waals surface area contributed by atoms with Gasteiger partial charge >= 0.3 is 12.3 Å². The maximum Gasteiger partial charge on any atom is 0.416 e. The fraction of sp³-hybridized carbons (Fsp3) is 0.536. The molecule has 5 rings (SSSR count). The third kappa shape index (κ3) is 6.13. The lowest BCUT2D eigenvalue weighted by atomic mass is 9.75. The summed E-state index contributed by atoms with van der Waals surface area (Å²) in [5.41, 5.74) is -1.26.